The molecule has 0 aliphatic carbocycles. The van der Waals surface area contributed by atoms with E-state index in [1.807, 2.05) is 0 Å². The van der Waals surface area contributed by atoms with Gasteiger partial charge in [0.2, 0.25) is 0 Å². The molecule has 3 rings (SSSR count). The number of aryl methyl sites for hydroxylation is 1. The molecule has 9 heteroatoms. The lowest BCUT2D eigenvalue weighted by Crippen LogP contribution is -2.14. The van der Waals surface area contributed by atoms with Crippen molar-refractivity contribution in [2.45, 2.75) is 6.92 Å². The van der Waals surface area contributed by atoms with Crippen LogP contribution in [0.15, 0.2) is 40.9 Å². The first kappa shape index (κ1) is 21.6. The number of halogens is 2. The summed E-state index contributed by atoms with van der Waals surface area (Å²) in [5, 5.41) is 6.71. The van der Waals surface area contributed by atoms with E-state index in [1.54, 1.807) is 32.2 Å². The molecule has 1 N–H and O–H groups in total. The molecule has 30 heavy (non-hydrogen) atoms. The average molecular weight is 435 g/mol. The topological polar surface area (TPSA) is 82.8 Å². The van der Waals surface area contributed by atoms with Crippen molar-refractivity contribution in [2.24, 2.45) is 0 Å². The Balaban J connectivity index is 1.90. The van der Waals surface area contributed by atoms with Crippen LogP contribution in [0.2, 0.25) is 5.02 Å². The molecule has 2 aromatic carbocycles. The van der Waals surface area contributed by atoms with E-state index in [4.69, 9.17) is 30.3 Å². The van der Waals surface area contributed by atoms with Crippen molar-refractivity contribution < 1.29 is 27.9 Å². The second kappa shape index (κ2) is 9.60. The van der Waals surface area contributed by atoms with E-state index in [1.165, 1.54) is 25.3 Å². The van der Waals surface area contributed by atoms with Crippen LogP contribution in [0, 0.1) is 12.7 Å². The van der Waals surface area contributed by atoms with Crippen molar-refractivity contribution in [3.63, 3.8) is 0 Å². The zero-order chi connectivity index (χ0) is 21.7. The number of hydrogen-bond donors (Lipinski definition) is 1. The van der Waals surface area contributed by atoms with Gasteiger partial charge in [0.15, 0.2) is 11.5 Å². The Bertz CT molecular complexity index is 1030. The summed E-state index contributed by atoms with van der Waals surface area (Å²) < 4.78 is 35.4. The third-order valence-electron chi connectivity index (χ3n) is 4.26. The van der Waals surface area contributed by atoms with Crippen LogP contribution in [0.25, 0.3) is 11.3 Å². The van der Waals surface area contributed by atoms with Crippen LogP contribution in [-0.4, -0.2) is 38.5 Å². The Labute approximate surface area is 177 Å². The number of nitrogens with zero attached hydrogens (tertiary/aromatic N) is 1. The summed E-state index contributed by atoms with van der Waals surface area (Å²) in [7, 11) is 3.08. The first-order valence-corrected chi connectivity index (χ1v) is 9.35. The van der Waals surface area contributed by atoms with Crippen LogP contribution >= 0.6 is 11.6 Å². The molecule has 0 unspecified atom stereocenters. The van der Waals surface area contributed by atoms with Crippen LogP contribution in [0.5, 0.6) is 11.5 Å². The summed E-state index contributed by atoms with van der Waals surface area (Å²) in [4.78, 5) is 13.0. The smallest absolute Gasteiger partial charge is 0.261 e. The van der Waals surface area contributed by atoms with Gasteiger partial charge < -0.3 is 24.1 Å². The van der Waals surface area contributed by atoms with E-state index < -0.39 is 11.7 Å². The van der Waals surface area contributed by atoms with E-state index >= 15 is 0 Å². The van der Waals surface area contributed by atoms with Crippen molar-refractivity contribution in [3.8, 4) is 22.8 Å². The quantitative estimate of drug-likeness (QED) is 0.516. The molecule has 0 aliphatic rings. The van der Waals surface area contributed by atoms with Crippen molar-refractivity contribution in [3.05, 3.63) is 58.6 Å². The Hall–Kier alpha value is -3.10. The van der Waals surface area contributed by atoms with Gasteiger partial charge in [0, 0.05) is 18.9 Å². The summed E-state index contributed by atoms with van der Waals surface area (Å²) in [6.07, 6.45) is 0. The van der Waals surface area contributed by atoms with Gasteiger partial charge in [-0.25, -0.2) is 4.39 Å². The van der Waals surface area contributed by atoms with Crippen molar-refractivity contribution in [2.75, 3.05) is 32.8 Å². The number of carbonyl (C=O) groups is 1. The predicted molar refractivity (Wildman–Crippen MR) is 110 cm³/mol. The number of ether oxygens (including phenoxy) is 3. The van der Waals surface area contributed by atoms with Gasteiger partial charge in [0.1, 0.15) is 29.4 Å². The molecule has 1 amide bonds. The first-order chi connectivity index (χ1) is 14.5. The molecule has 0 radical (unpaired) electrons. The molecule has 1 aromatic heterocycles. The lowest BCUT2D eigenvalue weighted by Gasteiger charge is -2.13. The van der Waals surface area contributed by atoms with Crippen molar-refractivity contribution in [1.82, 2.24) is 5.16 Å². The first-order valence-electron chi connectivity index (χ1n) is 8.98. The molecule has 158 valence electrons. The van der Waals surface area contributed by atoms with Gasteiger partial charge in [-0.15, -0.1) is 0 Å². The number of anilines is 1. The van der Waals surface area contributed by atoms with Crippen LogP contribution in [0.3, 0.4) is 0 Å². The lowest BCUT2D eigenvalue weighted by atomic mass is 10.0. The summed E-state index contributed by atoms with van der Waals surface area (Å²) in [6, 6.07) is 9.14. The fourth-order valence-electron chi connectivity index (χ4n) is 2.83. The highest BCUT2D eigenvalue weighted by Crippen LogP contribution is 2.35. The van der Waals surface area contributed by atoms with Gasteiger partial charge in [-0.3, -0.25) is 4.79 Å². The summed E-state index contributed by atoms with van der Waals surface area (Å²) >= 11 is 6.13. The number of rotatable bonds is 8. The normalized spacial score (nSPS) is 10.7. The average Bonchev–Trinajstić information content (AvgIpc) is 3.09. The zero-order valence-corrected chi connectivity index (χ0v) is 17.4. The molecule has 0 atom stereocenters. The van der Waals surface area contributed by atoms with E-state index in [2.05, 4.69) is 10.5 Å². The molecule has 0 saturated heterocycles. The van der Waals surface area contributed by atoms with E-state index in [-0.39, 0.29) is 27.6 Å². The predicted octanol–water partition coefficient (Wildman–Crippen LogP) is 4.73. The number of amides is 1. The number of nitrogens with one attached hydrogen (secondary N) is 1. The number of aromatic nitrogens is 1. The summed E-state index contributed by atoms with van der Waals surface area (Å²) in [6.45, 7) is 2.27. The second-order valence-electron chi connectivity index (χ2n) is 6.22. The minimum absolute atomic E-state index is 0.000476. The number of methoxy groups -OCH3 is 2. The van der Waals surface area contributed by atoms with Crippen LogP contribution in [0.1, 0.15) is 16.1 Å². The maximum absolute atomic E-state index is 14.4. The highest BCUT2D eigenvalue weighted by atomic mass is 35.5. The monoisotopic (exact) mass is 434 g/mol. The maximum Gasteiger partial charge on any atom is 0.261 e. The second-order valence-corrected chi connectivity index (χ2v) is 6.63. The minimum atomic E-state index is -0.608. The highest BCUT2D eigenvalue weighted by Gasteiger charge is 2.25. The molecular formula is C21H20ClFN2O5. The van der Waals surface area contributed by atoms with Gasteiger partial charge in [0.05, 0.1) is 24.3 Å². The molecule has 0 saturated carbocycles. The molecular weight excluding hydrogens is 415 g/mol. The third-order valence-corrected chi connectivity index (χ3v) is 4.57. The van der Waals surface area contributed by atoms with Crippen molar-refractivity contribution in [1.29, 1.82) is 0 Å². The SMILES string of the molecule is COCCOc1cc(NC(=O)c2c(-c3c(F)cccc3Cl)noc2C)ccc1OC. The number of benzene rings is 2. The fraction of sp³-hybridized carbons (Fsp3) is 0.238. The van der Waals surface area contributed by atoms with Gasteiger partial charge >= 0.3 is 0 Å². The summed E-state index contributed by atoms with van der Waals surface area (Å²) in [5.74, 6) is 0.0296. The molecule has 3 aromatic rings. The third kappa shape index (κ3) is 4.55. The van der Waals surface area contributed by atoms with Gasteiger partial charge in [0.25, 0.3) is 5.91 Å². The lowest BCUT2D eigenvalue weighted by molar-refractivity contribution is 0.102. The zero-order valence-electron chi connectivity index (χ0n) is 16.6. The molecule has 0 spiro atoms. The summed E-state index contributed by atoms with van der Waals surface area (Å²) in [5.41, 5.74) is 0.553. The Morgan fingerprint density at radius 1 is 1.20 bits per heavy atom. The fourth-order valence-corrected chi connectivity index (χ4v) is 3.08. The van der Waals surface area contributed by atoms with Crippen LogP contribution in [-0.2, 0) is 4.74 Å². The standard InChI is InChI=1S/C21H20ClFN2O5/c1-12-18(20(25-30-12)19-14(22)5-4-6-15(19)23)21(26)24-13-7-8-16(28-3)17(11-13)29-10-9-27-2/h4-8,11H,9-10H2,1-3H3,(H,24,26). The largest absolute Gasteiger partial charge is 0.493 e. The highest BCUT2D eigenvalue weighted by molar-refractivity contribution is 6.33. The Kier molecular flexibility index (Phi) is 6.91. The molecule has 1 heterocycles. The molecule has 0 aliphatic heterocycles. The van der Waals surface area contributed by atoms with E-state index in [9.17, 15) is 9.18 Å². The van der Waals surface area contributed by atoms with Crippen LogP contribution in [0.4, 0.5) is 10.1 Å². The Morgan fingerprint density at radius 2 is 2.00 bits per heavy atom. The van der Waals surface area contributed by atoms with Gasteiger partial charge in [-0.05, 0) is 31.2 Å². The minimum Gasteiger partial charge on any atom is -0.493 e. The van der Waals surface area contributed by atoms with E-state index in [0.717, 1.165) is 0 Å². The molecule has 0 fully saturated rings. The van der Waals surface area contributed by atoms with Gasteiger partial charge in [-0.1, -0.05) is 22.8 Å². The van der Waals surface area contributed by atoms with Gasteiger partial charge in [-0.2, -0.15) is 0 Å². The molecule has 7 nitrogen and oxygen atoms in total. The molecule has 0 bridgehead atoms. The number of hydrogen-bond acceptors (Lipinski definition) is 6. The van der Waals surface area contributed by atoms with Crippen LogP contribution < -0.4 is 14.8 Å². The van der Waals surface area contributed by atoms with Crippen molar-refractivity contribution >= 4 is 23.2 Å². The van der Waals surface area contributed by atoms with E-state index in [0.29, 0.717) is 30.4 Å². The maximum atomic E-state index is 14.4. The Morgan fingerprint density at radius 3 is 2.70 bits per heavy atom. The number of carbonyl (C=O) groups excluding carboxylic acids is 1.